The van der Waals surface area contributed by atoms with Gasteiger partial charge in [0.1, 0.15) is 0 Å². The maximum Gasteiger partial charge on any atom is 0.305 e. The molecule has 0 aliphatic carbocycles. The normalized spacial score (nSPS) is 12.8. The zero-order valence-electron chi connectivity index (χ0n) is 40.2. The molecular formula is C54H103NO5. The van der Waals surface area contributed by atoms with Crippen molar-refractivity contribution in [2.24, 2.45) is 0 Å². The molecule has 0 fully saturated rings. The molecular weight excluding hydrogens is 743 g/mol. The first-order valence-electron chi connectivity index (χ1n) is 26.6. The van der Waals surface area contributed by atoms with Crippen LogP contribution >= 0.6 is 0 Å². The summed E-state index contributed by atoms with van der Waals surface area (Å²) < 4.78 is 5.43. The van der Waals surface area contributed by atoms with E-state index in [1.807, 2.05) is 6.08 Å². The highest BCUT2D eigenvalue weighted by molar-refractivity contribution is 5.76. The summed E-state index contributed by atoms with van der Waals surface area (Å²) in [5.74, 6) is -0.162. The van der Waals surface area contributed by atoms with Crippen molar-refractivity contribution in [2.45, 2.75) is 296 Å². The molecule has 0 radical (unpaired) electrons. The van der Waals surface area contributed by atoms with Crippen molar-refractivity contribution >= 4 is 11.9 Å². The number of hydrogen-bond acceptors (Lipinski definition) is 5. The molecule has 1 amide bonds. The number of aliphatic hydroxyl groups excluding tert-OH is 2. The van der Waals surface area contributed by atoms with Gasteiger partial charge in [0.15, 0.2) is 0 Å². The summed E-state index contributed by atoms with van der Waals surface area (Å²) in [6.07, 6.45) is 59.1. The van der Waals surface area contributed by atoms with Gasteiger partial charge in [-0.2, -0.15) is 0 Å². The molecule has 0 aromatic rings. The molecule has 0 rings (SSSR count). The molecule has 60 heavy (non-hydrogen) atoms. The van der Waals surface area contributed by atoms with E-state index in [4.69, 9.17) is 4.74 Å². The van der Waals surface area contributed by atoms with Gasteiger partial charge in [0.25, 0.3) is 0 Å². The van der Waals surface area contributed by atoms with Crippen LogP contribution in [0.25, 0.3) is 0 Å². The van der Waals surface area contributed by atoms with Crippen LogP contribution in [0.5, 0.6) is 0 Å². The van der Waals surface area contributed by atoms with Gasteiger partial charge in [-0.15, -0.1) is 0 Å². The summed E-state index contributed by atoms with van der Waals surface area (Å²) in [6.45, 7) is 4.82. The van der Waals surface area contributed by atoms with Crippen LogP contribution in [-0.2, 0) is 14.3 Å². The molecule has 0 saturated heterocycles. The number of esters is 1. The average molecular weight is 846 g/mol. The highest BCUT2D eigenvalue weighted by atomic mass is 16.5. The van der Waals surface area contributed by atoms with Crippen LogP contribution in [0.3, 0.4) is 0 Å². The molecule has 0 heterocycles. The van der Waals surface area contributed by atoms with Crippen LogP contribution in [0, 0.1) is 0 Å². The fourth-order valence-electron chi connectivity index (χ4n) is 8.11. The summed E-state index contributed by atoms with van der Waals surface area (Å²) >= 11 is 0. The molecule has 0 aliphatic rings. The van der Waals surface area contributed by atoms with Gasteiger partial charge in [0.05, 0.1) is 25.4 Å². The number of unbranched alkanes of at least 4 members (excludes halogenated alkanes) is 36. The number of allylic oxidation sites excluding steroid dienone is 3. The van der Waals surface area contributed by atoms with Crippen molar-refractivity contribution in [1.82, 2.24) is 5.32 Å². The summed E-state index contributed by atoms with van der Waals surface area (Å²) in [5.41, 5.74) is 0. The molecule has 0 aliphatic heterocycles. The average Bonchev–Trinajstić information content (AvgIpc) is 3.25. The van der Waals surface area contributed by atoms with E-state index in [0.29, 0.717) is 19.4 Å². The predicted octanol–water partition coefficient (Wildman–Crippen LogP) is 15.9. The highest BCUT2D eigenvalue weighted by Gasteiger charge is 2.17. The minimum absolute atomic E-state index is 0.0362. The van der Waals surface area contributed by atoms with E-state index in [1.165, 1.54) is 186 Å². The third kappa shape index (κ3) is 45.9. The minimum atomic E-state index is -0.875. The molecule has 3 N–H and O–H groups in total. The Bertz CT molecular complexity index is 935. The highest BCUT2D eigenvalue weighted by Crippen LogP contribution is 2.16. The standard InChI is InChI=1S/C54H103NO5/c1-3-5-7-9-11-13-15-17-18-19-20-21-22-23-24-26-27-30-34-38-42-46-52(57)51(50-56)55-53(58)47-43-39-35-31-29-33-37-41-45-49-60-54(59)48-44-40-36-32-28-25-16-14-12-10-8-6-4-2/h31,35,42,46,51-52,56-57H,3-30,32-34,36-41,43-45,47-50H2,1-2H3,(H,55,58)/b35-31-,46-42+. The van der Waals surface area contributed by atoms with Crippen LogP contribution in [0.4, 0.5) is 0 Å². The lowest BCUT2D eigenvalue weighted by atomic mass is 10.0. The fraction of sp³-hybridized carbons (Fsp3) is 0.889. The number of aliphatic hydroxyl groups is 2. The van der Waals surface area contributed by atoms with Crippen LogP contribution in [-0.4, -0.2) is 47.4 Å². The Kier molecular flexibility index (Phi) is 48.6. The van der Waals surface area contributed by atoms with Gasteiger partial charge >= 0.3 is 5.97 Å². The Morgan fingerprint density at radius 3 is 1.22 bits per heavy atom. The van der Waals surface area contributed by atoms with Gasteiger partial charge in [-0.25, -0.2) is 0 Å². The molecule has 0 aromatic heterocycles. The molecule has 2 unspecified atom stereocenters. The number of hydrogen-bond donors (Lipinski definition) is 3. The number of carbonyl (C=O) groups is 2. The monoisotopic (exact) mass is 846 g/mol. The van der Waals surface area contributed by atoms with Gasteiger partial charge in [-0.3, -0.25) is 9.59 Å². The molecule has 0 spiro atoms. The molecule has 6 nitrogen and oxygen atoms in total. The fourth-order valence-corrected chi connectivity index (χ4v) is 8.11. The number of rotatable bonds is 49. The van der Waals surface area contributed by atoms with Gasteiger partial charge < -0.3 is 20.3 Å². The van der Waals surface area contributed by atoms with E-state index < -0.39 is 12.1 Å². The lowest BCUT2D eigenvalue weighted by molar-refractivity contribution is -0.143. The summed E-state index contributed by atoms with van der Waals surface area (Å²) in [5, 5.41) is 23.1. The Labute approximate surface area is 373 Å². The number of amides is 1. The third-order valence-electron chi connectivity index (χ3n) is 12.2. The van der Waals surface area contributed by atoms with E-state index in [0.717, 1.165) is 70.6 Å². The largest absolute Gasteiger partial charge is 0.466 e. The van der Waals surface area contributed by atoms with Gasteiger partial charge in [0.2, 0.25) is 5.91 Å². The molecule has 0 saturated carbocycles. The second-order valence-electron chi connectivity index (χ2n) is 18.2. The van der Waals surface area contributed by atoms with Crippen molar-refractivity contribution in [3.05, 3.63) is 24.3 Å². The number of carbonyl (C=O) groups excluding carboxylic acids is 2. The second-order valence-corrected chi connectivity index (χ2v) is 18.2. The lowest BCUT2D eigenvalue weighted by Crippen LogP contribution is -2.45. The van der Waals surface area contributed by atoms with Gasteiger partial charge in [-0.1, -0.05) is 244 Å². The Balaban J connectivity index is 3.57. The molecule has 354 valence electrons. The summed E-state index contributed by atoms with van der Waals surface area (Å²) in [6, 6.07) is -0.665. The number of nitrogens with one attached hydrogen (secondary N) is 1. The molecule has 0 bridgehead atoms. The lowest BCUT2D eigenvalue weighted by Gasteiger charge is -2.19. The quantitative estimate of drug-likeness (QED) is 0.0322. The van der Waals surface area contributed by atoms with Crippen molar-refractivity contribution < 1.29 is 24.5 Å². The van der Waals surface area contributed by atoms with Crippen molar-refractivity contribution in [2.75, 3.05) is 13.2 Å². The van der Waals surface area contributed by atoms with Crippen LogP contribution in [0.15, 0.2) is 24.3 Å². The van der Waals surface area contributed by atoms with E-state index in [1.54, 1.807) is 6.08 Å². The summed E-state index contributed by atoms with van der Waals surface area (Å²) in [4.78, 5) is 24.4. The van der Waals surface area contributed by atoms with Crippen molar-refractivity contribution in [3.63, 3.8) is 0 Å². The zero-order valence-corrected chi connectivity index (χ0v) is 40.2. The van der Waals surface area contributed by atoms with Crippen molar-refractivity contribution in [3.8, 4) is 0 Å². The third-order valence-corrected chi connectivity index (χ3v) is 12.2. The van der Waals surface area contributed by atoms with E-state index >= 15 is 0 Å². The van der Waals surface area contributed by atoms with Crippen LogP contribution in [0.1, 0.15) is 284 Å². The smallest absolute Gasteiger partial charge is 0.305 e. The Morgan fingerprint density at radius 1 is 0.450 bits per heavy atom. The molecule has 0 aromatic carbocycles. The first-order chi connectivity index (χ1) is 29.5. The maximum absolute atomic E-state index is 12.4. The molecule has 6 heteroatoms. The first kappa shape index (κ1) is 58.3. The molecule has 2 atom stereocenters. The topological polar surface area (TPSA) is 95.9 Å². The Morgan fingerprint density at radius 2 is 0.800 bits per heavy atom. The van der Waals surface area contributed by atoms with E-state index in [2.05, 4.69) is 31.3 Å². The van der Waals surface area contributed by atoms with E-state index in [-0.39, 0.29) is 18.5 Å². The van der Waals surface area contributed by atoms with Crippen LogP contribution in [0.2, 0.25) is 0 Å². The minimum Gasteiger partial charge on any atom is -0.466 e. The zero-order chi connectivity index (χ0) is 43.7. The van der Waals surface area contributed by atoms with Gasteiger partial charge in [0, 0.05) is 12.8 Å². The predicted molar refractivity (Wildman–Crippen MR) is 260 cm³/mol. The van der Waals surface area contributed by atoms with Crippen molar-refractivity contribution in [1.29, 1.82) is 0 Å². The van der Waals surface area contributed by atoms with E-state index in [9.17, 15) is 19.8 Å². The SMILES string of the molecule is CCCCCCCCCCCCCCCCCCCCC/C=C/C(O)C(CO)NC(=O)CCC/C=C\CCCCCCOC(=O)CCCCCCCCCCCCCCC. The van der Waals surface area contributed by atoms with Crippen LogP contribution < -0.4 is 5.32 Å². The Hall–Kier alpha value is -1.66. The van der Waals surface area contributed by atoms with Gasteiger partial charge in [-0.05, 0) is 51.4 Å². The maximum atomic E-state index is 12.4. The summed E-state index contributed by atoms with van der Waals surface area (Å²) in [7, 11) is 0. The first-order valence-corrected chi connectivity index (χ1v) is 26.6. The second kappa shape index (κ2) is 50.0. The number of ether oxygens (including phenoxy) is 1.